The van der Waals surface area contributed by atoms with Gasteiger partial charge in [0.2, 0.25) is 0 Å². The van der Waals surface area contributed by atoms with Crippen LogP contribution in [0, 0.1) is 0 Å². The number of halogens is 1. The lowest BCUT2D eigenvalue weighted by Gasteiger charge is -2.14. The first-order valence-corrected chi connectivity index (χ1v) is 5.86. The van der Waals surface area contributed by atoms with E-state index in [9.17, 15) is 9.59 Å². The molecule has 0 aliphatic carbocycles. The first-order chi connectivity index (χ1) is 9.09. The van der Waals surface area contributed by atoms with Gasteiger partial charge in [-0.1, -0.05) is 11.6 Å². The minimum atomic E-state index is -0.457. The summed E-state index contributed by atoms with van der Waals surface area (Å²) in [5.41, 5.74) is 6.82. The maximum absolute atomic E-state index is 12.2. The van der Waals surface area contributed by atoms with Crippen LogP contribution < -0.4 is 10.6 Å². The summed E-state index contributed by atoms with van der Waals surface area (Å²) in [5.74, 6) is -0.865. The monoisotopic (exact) mass is 273 g/mol. The number of carbonyl (C=O) groups is 2. The van der Waals surface area contributed by atoms with E-state index in [2.05, 4.69) is 4.98 Å². The van der Waals surface area contributed by atoms with Crippen molar-refractivity contribution in [3.63, 3.8) is 0 Å². The number of nitrogens with two attached hydrogens (primary N) is 1. The molecule has 5 nitrogen and oxygen atoms in total. The molecule has 19 heavy (non-hydrogen) atoms. The summed E-state index contributed by atoms with van der Waals surface area (Å²) < 4.78 is 0. The Morgan fingerprint density at radius 1 is 1.16 bits per heavy atom. The van der Waals surface area contributed by atoms with E-state index < -0.39 is 11.8 Å². The number of hydrogen-bond donors (Lipinski definition) is 1. The van der Waals surface area contributed by atoms with Crippen molar-refractivity contribution >= 4 is 34.8 Å². The summed E-state index contributed by atoms with van der Waals surface area (Å²) in [7, 11) is 0. The highest BCUT2D eigenvalue weighted by atomic mass is 35.5. The number of imide groups is 1. The van der Waals surface area contributed by atoms with Crippen LogP contribution in [0.4, 0.5) is 11.4 Å². The Hall–Kier alpha value is -2.40. The molecule has 0 saturated carbocycles. The van der Waals surface area contributed by atoms with Gasteiger partial charge in [0.25, 0.3) is 11.8 Å². The molecule has 0 bridgehead atoms. The molecule has 1 aromatic heterocycles. The van der Waals surface area contributed by atoms with Crippen LogP contribution in [0.5, 0.6) is 0 Å². The fraction of sp³-hybridized carbons (Fsp3) is 0. The first-order valence-electron chi connectivity index (χ1n) is 5.48. The molecule has 0 atom stereocenters. The van der Waals surface area contributed by atoms with Gasteiger partial charge >= 0.3 is 0 Å². The van der Waals surface area contributed by atoms with E-state index in [-0.39, 0.29) is 5.69 Å². The minimum absolute atomic E-state index is 0.153. The predicted octanol–water partition coefficient (Wildman–Crippen LogP) is 2.12. The van der Waals surface area contributed by atoms with Gasteiger partial charge in [0, 0.05) is 6.20 Å². The maximum Gasteiger partial charge on any atom is 0.284 e. The topological polar surface area (TPSA) is 76.3 Å². The molecular formula is C13H8ClN3O2. The van der Waals surface area contributed by atoms with Crippen LogP contribution in [0.3, 0.4) is 0 Å². The minimum Gasteiger partial charge on any atom is -0.398 e. The van der Waals surface area contributed by atoms with Crippen LogP contribution in [0.2, 0.25) is 5.02 Å². The molecule has 0 radical (unpaired) electrons. The molecule has 94 valence electrons. The number of hydrogen-bond acceptors (Lipinski definition) is 4. The Morgan fingerprint density at radius 2 is 1.95 bits per heavy atom. The van der Waals surface area contributed by atoms with E-state index in [1.165, 1.54) is 12.3 Å². The van der Waals surface area contributed by atoms with Gasteiger partial charge in [-0.15, -0.1) is 0 Å². The zero-order valence-corrected chi connectivity index (χ0v) is 10.4. The average molecular weight is 274 g/mol. The number of anilines is 2. The zero-order valence-electron chi connectivity index (χ0n) is 9.63. The molecule has 1 aliphatic rings. The number of pyridine rings is 1. The number of carbonyl (C=O) groups excluding carboxylic acids is 2. The second kappa shape index (κ2) is 4.07. The molecule has 0 fully saturated rings. The van der Waals surface area contributed by atoms with E-state index in [0.29, 0.717) is 22.0 Å². The van der Waals surface area contributed by atoms with Crippen molar-refractivity contribution in [2.24, 2.45) is 0 Å². The highest BCUT2D eigenvalue weighted by molar-refractivity contribution is 6.36. The Kier molecular flexibility index (Phi) is 2.50. The molecule has 2 amide bonds. The Morgan fingerprint density at radius 3 is 2.63 bits per heavy atom. The highest BCUT2D eigenvalue weighted by Crippen LogP contribution is 2.30. The van der Waals surface area contributed by atoms with Crippen molar-refractivity contribution in [3.8, 4) is 0 Å². The lowest BCUT2D eigenvalue weighted by molar-refractivity contribution is 0.0924. The zero-order chi connectivity index (χ0) is 13.6. The number of fused-ring (bicyclic) bond motifs is 1. The molecular weight excluding hydrogens is 266 g/mol. The van der Waals surface area contributed by atoms with Crippen molar-refractivity contribution < 1.29 is 9.59 Å². The number of amides is 2. The van der Waals surface area contributed by atoms with Gasteiger partial charge in [-0.2, -0.15) is 0 Å². The third-order valence-electron chi connectivity index (χ3n) is 2.89. The van der Waals surface area contributed by atoms with Crippen molar-refractivity contribution in [2.75, 3.05) is 10.6 Å². The molecule has 2 heterocycles. The van der Waals surface area contributed by atoms with Crippen molar-refractivity contribution in [1.82, 2.24) is 4.98 Å². The average Bonchev–Trinajstić information content (AvgIpc) is 2.66. The number of aromatic nitrogens is 1. The summed E-state index contributed by atoms with van der Waals surface area (Å²) in [4.78, 5) is 29.3. The normalized spacial score (nSPS) is 13.8. The van der Waals surface area contributed by atoms with Crippen LogP contribution in [-0.4, -0.2) is 16.8 Å². The molecule has 2 N–H and O–H groups in total. The molecule has 2 aromatic rings. The van der Waals surface area contributed by atoms with Crippen LogP contribution in [0.25, 0.3) is 0 Å². The second-order valence-electron chi connectivity index (χ2n) is 4.05. The number of nitrogen functional groups attached to an aromatic ring is 1. The molecule has 0 unspecified atom stereocenters. The largest absolute Gasteiger partial charge is 0.398 e. The third-order valence-corrected chi connectivity index (χ3v) is 3.22. The standard InChI is InChI=1S/C13H8ClN3O2/c14-9-6-7(3-4-10(9)15)17-12(18)8-2-1-5-16-11(8)13(17)19/h1-6H,15H2. The lowest BCUT2D eigenvalue weighted by atomic mass is 10.2. The lowest BCUT2D eigenvalue weighted by Crippen LogP contribution is -2.29. The first kappa shape index (κ1) is 11.7. The third kappa shape index (κ3) is 1.67. The molecule has 0 spiro atoms. The summed E-state index contributed by atoms with van der Waals surface area (Å²) in [6.45, 7) is 0. The van der Waals surface area contributed by atoms with Crippen LogP contribution >= 0.6 is 11.6 Å². The second-order valence-corrected chi connectivity index (χ2v) is 4.46. The van der Waals surface area contributed by atoms with Crippen molar-refractivity contribution in [2.45, 2.75) is 0 Å². The van der Waals surface area contributed by atoms with Crippen molar-refractivity contribution in [3.05, 3.63) is 52.8 Å². The summed E-state index contributed by atoms with van der Waals surface area (Å²) >= 11 is 5.91. The van der Waals surface area contributed by atoms with Crippen LogP contribution in [-0.2, 0) is 0 Å². The van der Waals surface area contributed by atoms with Gasteiger partial charge in [-0.05, 0) is 30.3 Å². The molecule has 6 heteroatoms. The fourth-order valence-electron chi connectivity index (χ4n) is 1.96. The van der Waals surface area contributed by atoms with Gasteiger partial charge in [0.05, 0.1) is 22.0 Å². The van der Waals surface area contributed by atoms with Gasteiger partial charge in [-0.25, -0.2) is 4.90 Å². The Bertz CT molecular complexity index is 680. The van der Waals surface area contributed by atoms with Gasteiger partial charge in [-0.3, -0.25) is 14.6 Å². The van der Waals surface area contributed by atoms with E-state index in [1.807, 2.05) is 0 Å². The molecule has 1 aliphatic heterocycles. The predicted molar refractivity (Wildman–Crippen MR) is 71.2 cm³/mol. The van der Waals surface area contributed by atoms with E-state index in [1.54, 1.807) is 24.3 Å². The Labute approximate surface area is 113 Å². The van der Waals surface area contributed by atoms with E-state index in [0.717, 1.165) is 4.90 Å². The maximum atomic E-state index is 12.2. The molecule has 3 rings (SSSR count). The summed E-state index contributed by atoms with van der Waals surface area (Å²) in [6.07, 6.45) is 1.48. The SMILES string of the molecule is Nc1ccc(N2C(=O)c3cccnc3C2=O)cc1Cl. The van der Waals surface area contributed by atoms with Gasteiger partial charge < -0.3 is 5.73 Å². The van der Waals surface area contributed by atoms with E-state index >= 15 is 0 Å². The van der Waals surface area contributed by atoms with Crippen molar-refractivity contribution in [1.29, 1.82) is 0 Å². The molecule has 0 saturated heterocycles. The smallest absolute Gasteiger partial charge is 0.284 e. The number of benzene rings is 1. The quantitative estimate of drug-likeness (QED) is 0.638. The number of nitrogens with zero attached hydrogens (tertiary/aromatic N) is 2. The Balaban J connectivity index is 2.11. The van der Waals surface area contributed by atoms with Crippen LogP contribution in [0.15, 0.2) is 36.5 Å². The number of rotatable bonds is 1. The van der Waals surface area contributed by atoms with Crippen LogP contribution in [0.1, 0.15) is 20.8 Å². The highest BCUT2D eigenvalue weighted by Gasteiger charge is 2.37. The summed E-state index contributed by atoms with van der Waals surface area (Å²) in [5, 5.41) is 0.294. The molecule has 1 aromatic carbocycles. The van der Waals surface area contributed by atoms with Gasteiger partial charge in [0.15, 0.2) is 0 Å². The van der Waals surface area contributed by atoms with E-state index in [4.69, 9.17) is 17.3 Å². The fourth-order valence-corrected chi connectivity index (χ4v) is 2.13. The van der Waals surface area contributed by atoms with Gasteiger partial charge in [0.1, 0.15) is 5.69 Å². The summed E-state index contributed by atoms with van der Waals surface area (Å²) in [6, 6.07) is 7.79.